The van der Waals surface area contributed by atoms with Crippen molar-refractivity contribution in [3.05, 3.63) is 33.9 Å². The molecule has 0 radical (unpaired) electrons. The van der Waals surface area contributed by atoms with E-state index >= 15 is 0 Å². The van der Waals surface area contributed by atoms with Gasteiger partial charge < -0.3 is 10.4 Å². The molecule has 6 nitrogen and oxygen atoms in total. The highest BCUT2D eigenvalue weighted by Gasteiger charge is 2.17. The summed E-state index contributed by atoms with van der Waals surface area (Å²) in [5, 5.41) is 22.6. The van der Waals surface area contributed by atoms with Crippen molar-refractivity contribution in [2.45, 2.75) is 26.3 Å². The van der Waals surface area contributed by atoms with E-state index < -0.39 is 10.9 Å². The molecule has 1 aromatic carbocycles. The number of nitrogens with zero attached hydrogens (tertiary/aromatic N) is 1. The zero-order valence-corrected chi connectivity index (χ0v) is 9.64. The first kappa shape index (κ1) is 13.0. The van der Waals surface area contributed by atoms with Gasteiger partial charge in [0, 0.05) is 12.1 Å². The second-order valence-electron chi connectivity index (χ2n) is 3.75. The Hall–Kier alpha value is -2.11. The van der Waals surface area contributed by atoms with Crippen LogP contribution in [0.25, 0.3) is 0 Å². The van der Waals surface area contributed by atoms with Gasteiger partial charge in [-0.1, -0.05) is 6.92 Å². The van der Waals surface area contributed by atoms with Gasteiger partial charge in [-0.3, -0.25) is 10.1 Å². The van der Waals surface area contributed by atoms with Gasteiger partial charge in [0.1, 0.15) is 5.69 Å². The highest BCUT2D eigenvalue weighted by atomic mass is 16.6. The number of nitro groups is 1. The first-order valence-electron chi connectivity index (χ1n) is 5.24. The van der Waals surface area contributed by atoms with Crippen molar-refractivity contribution in [3.63, 3.8) is 0 Å². The van der Waals surface area contributed by atoms with E-state index in [0.29, 0.717) is 5.69 Å². The standard InChI is InChI=1S/C11H14N2O4/c1-3-7(2)12-9-5-4-8(11(14)15)6-10(9)13(16)17/h4-7,12H,3H2,1-2H3,(H,14,15)/t7-/m1/s1. The minimum Gasteiger partial charge on any atom is -0.478 e. The third-order valence-electron chi connectivity index (χ3n) is 2.46. The van der Waals surface area contributed by atoms with E-state index in [-0.39, 0.29) is 17.3 Å². The molecule has 0 bridgehead atoms. The number of carboxylic acids is 1. The van der Waals surface area contributed by atoms with Crippen molar-refractivity contribution in [1.82, 2.24) is 0 Å². The molecule has 0 amide bonds. The Morgan fingerprint density at radius 3 is 2.71 bits per heavy atom. The summed E-state index contributed by atoms with van der Waals surface area (Å²) >= 11 is 0. The molecule has 1 aromatic rings. The largest absolute Gasteiger partial charge is 0.478 e. The Kier molecular flexibility index (Phi) is 4.03. The van der Waals surface area contributed by atoms with Crippen molar-refractivity contribution in [2.75, 3.05) is 5.32 Å². The summed E-state index contributed by atoms with van der Waals surface area (Å²) in [5.74, 6) is -1.18. The van der Waals surface area contributed by atoms with Gasteiger partial charge in [-0.2, -0.15) is 0 Å². The fourth-order valence-electron chi connectivity index (χ4n) is 1.31. The lowest BCUT2D eigenvalue weighted by Crippen LogP contribution is -2.14. The smallest absolute Gasteiger partial charge is 0.335 e. The Morgan fingerprint density at radius 2 is 2.24 bits per heavy atom. The predicted octanol–water partition coefficient (Wildman–Crippen LogP) is 2.50. The van der Waals surface area contributed by atoms with Crippen LogP contribution in [0.5, 0.6) is 0 Å². The van der Waals surface area contributed by atoms with Gasteiger partial charge in [-0.25, -0.2) is 4.79 Å². The second kappa shape index (κ2) is 5.29. The molecule has 1 rings (SSSR count). The first-order chi connectivity index (χ1) is 7.95. The number of aromatic carboxylic acids is 1. The quantitative estimate of drug-likeness (QED) is 0.607. The first-order valence-corrected chi connectivity index (χ1v) is 5.24. The zero-order valence-electron chi connectivity index (χ0n) is 9.64. The summed E-state index contributed by atoms with van der Waals surface area (Å²) in [6.07, 6.45) is 0.817. The van der Waals surface area contributed by atoms with Crippen molar-refractivity contribution in [2.24, 2.45) is 0 Å². The molecule has 6 heteroatoms. The monoisotopic (exact) mass is 238 g/mol. The van der Waals surface area contributed by atoms with Gasteiger partial charge in [-0.15, -0.1) is 0 Å². The number of nitro benzene ring substituents is 1. The van der Waals surface area contributed by atoms with Crippen LogP contribution in [-0.4, -0.2) is 22.0 Å². The highest BCUT2D eigenvalue weighted by Crippen LogP contribution is 2.26. The Bertz CT molecular complexity index is 445. The molecule has 0 aromatic heterocycles. The maximum atomic E-state index is 10.8. The molecular formula is C11H14N2O4. The predicted molar refractivity (Wildman–Crippen MR) is 63.4 cm³/mol. The normalized spacial score (nSPS) is 11.9. The van der Waals surface area contributed by atoms with Crippen LogP contribution in [0.2, 0.25) is 0 Å². The summed E-state index contributed by atoms with van der Waals surface area (Å²) in [5.41, 5.74) is 0.0333. The van der Waals surface area contributed by atoms with Crippen molar-refractivity contribution in [1.29, 1.82) is 0 Å². The number of hydrogen-bond donors (Lipinski definition) is 2. The van der Waals surface area contributed by atoms with Crippen LogP contribution >= 0.6 is 0 Å². The van der Waals surface area contributed by atoms with E-state index in [4.69, 9.17) is 5.11 Å². The Labute approximate surface area is 98.4 Å². The van der Waals surface area contributed by atoms with Crippen LogP contribution in [0.3, 0.4) is 0 Å². The van der Waals surface area contributed by atoms with E-state index in [1.807, 2.05) is 13.8 Å². The molecule has 2 N–H and O–H groups in total. The van der Waals surface area contributed by atoms with Gasteiger partial charge in [0.25, 0.3) is 5.69 Å². The topological polar surface area (TPSA) is 92.5 Å². The van der Waals surface area contributed by atoms with Crippen LogP contribution in [0.15, 0.2) is 18.2 Å². The van der Waals surface area contributed by atoms with Gasteiger partial charge in [0.15, 0.2) is 0 Å². The molecule has 0 unspecified atom stereocenters. The van der Waals surface area contributed by atoms with Crippen molar-refractivity contribution >= 4 is 17.3 Å². The minimum absolute atomic E-state index is 0.0874. The molecule has 0 saturated heterocycles. The lowest BCUT2D eigenvalue weighted by atomic mass is 10.1. The molecule has 92 valence electrons. The molecule has 17 heavy (non-hydrogen) atoms. The summed E-state index contributed by atoms with van der Waals surface area (Å²) in [6.45, 7) is 3.85. The molecule has 0 aliphatic carbocycles. The van der Waals surface area contributed by atoms with Gasteiger partial charge in [0.2, 0.25) is 0 Å². The molecule has 0 spiro atoms. The number of benzene rings is 1. The molecule has 0 aliphatic rings. The fourth-order valence-corrected chi connectivity index (χ4v) is 1.31. The van der Waals surface area contributed by atoms with Crippen molar-refractivity contribution in [3.8, 4) is 0 Å². The maximum Gasteiger partial charge on any atom is 0.335 e. The SMILES string of the molecule is CC[C@@H](C)Nc1ccc(C(=O)O)cc1[N+](=O)[O-]. The lowest BCUT2D eigenvalue weighted by molar-refractivity contribution is -0.384. The van der Waals surface area contributed by atoms with Gasteiger partial charge >= 0.3 is 5.97 Å². The van der Waals surface area contributed by atoms with Crippen molar-refractivity contribution < 1.29 is 14.8 Å². The molecule has 1 atom stereocenters. The van der Waals surface area contributed by atoms with E-state index in [1.54, 1.807) is 0 Å². The van der Waals surface area contributed by atoms with E-state index in [9.17, 15) is 14.9 Å². The van der Waals surface area contributed by atoms with E-state index in [0.717, 1.165) is 12.5 Å². The molecule has 0 saturated carbocycles. The number of anilines is 1. The van der Waals surface area contributed by atoms with Crippen LogP contribution in [-0.2, 0) is 0 Å². The number of rotatable bonds is 5. The number of carbonyl (C=O) groups is 1. The number of hydrogen-bond acceptors (Lipinski definition) is 4. The molecule has 0 fully saturated rings. The van der Waals surface area contributed by atoms with Crippen LogP contribution < -0.4 is 5.32 Å². The van der Waals surface area contributed by atoms with Crippen LogP contribution in [0, 0.1) is 10.1 Å². The highest BCUT2D eigenvalue weighted by molar-refractivity contribution is 5.89. The number of nitrogens with one attached hydrogen (secondary N) is 1. The third-order valence-corrected chi connectivity index (χ3v) is 2.46. The summed E-state index contributed by atoms with van der Waals surface area (Å²) in [4.78, 5) is 21.0. The van der Waals surface area contributed by atoms with E-state index in [1.165, 1.54) is 12.1 Å². The summed E-state index contributed by atoms with van der Waals surface area (Å²) < 4.78 is 0. The average Bonchev–Trinajstić information content (AvgIpc) is 2.28. The Balaban J connectivity index is 3.13. The van der Waals surface area contributed by atoms with Crippen LogP contribution in [0.1, 0.15) is 30.6 Å². The molecule has 0 heterocycles. The fraction of sp³-hybridized carbons (Fsp3) is 0.364. The number of carboxylic acid groups (broad SMARTS) is 1. The molecular weight excluding hydrogens is 224 g/mol. The average molecular weight is 238 g/mol. The summed E-state index contributed by atoms with van der Waals surface area (Å²) in [6, 6.07) is 3.92. The summed E-state index contributed by atoms with van der Waals surface area (Å²) in [7, 11) is 0. The zero-order chi connectivity index (χ0) is 13.0. The van der Waals surface area contributed by atoms with E-state index in [2.05, 4.69) is 5.32 Å². The Morgan fingerprint density at radius 1 is 1.59 bits per heavy atom. The minimum atomic E-state index is -1.18. The maximum absolute atomic E-state index is 10.8. The van der Waals surface area contributed by atoms with Gasteiger partial charge in [-0.05, 0) is 25.5 Å². The molecule has 0 aliphatic heterocycles. The van der Waals surface area contributed by atoms with Gasteiger partial charge in [0.05, 0.1) is 10.5 Å². The second-order valence-corrected chi connectivity index (χ2v) is 3.75. The lowest BCUT2D eigenvalue weighted by Gasteiger charge is -2.13. The van der Waals surface area contributed by atoms with Crippen LogP contribution in [0.4, 0.5) is 11.4 Å². The third kappa shape index (κ3) is 3.17.